The summed E-state index contributed by atoms with van der Waals surface area (Å²) in [6.45, 7) is 0. The minimum atomic E-state index is 0.207. The van der Waals surface area contributed by atoms with Crippen LogP contribution >= 0.6 is 34.5 Å². The van der Waals surface area contributed by atoms with Crippen LogP contribution in [0.5, 0.6) is 0 Å². The van der Waals surface area contributed by atoms with Gasteiger partial charge in [0.25, 0.3) is 0 Å². The summed E-state index contributed by atoms with van der Waals surface area (Å²) in [4.78, 5) is 0.950. The molecule has 2 heterocycles. The molecule has 0 aliphatic rings. The van der Waals surface area contributed by atoms with Crippen molar-refractivity contribution >= 4 is 40.4 Å². The van der Waals surface area contributed by atoms with Crippen molar-refractivity contribution in [1.82, 2.24) is 5.16 Å². The molecule has 3 rings (SSSR count). The molecule has 3 aromatic rings. The number of hydrogen-bond acceptors (Lipinski definition) is 4. The molecule has 0 amide bonds. The van der Waals surface area contributed by atoms with Crippen LogP contribution in [0.1, 0.15) is 0 Å². The molecule has 3 nitrogen and oxygen atoms in total. The molecule has 19 heavy (non-hydrogen) atoms. The van der Waals surface area contributed by atoms with Gasteiger partial charge in [-0.15, -0.1) is 11.3 Å². The number of thiophene rings is 1. The molecule has 2 N–H and O–H groups in total. The van der Waals surface area contributed by atoms with Crippen molar-refractivity contribution in [2.45, 2.75) is 0 Å². The summed E-state index contributed by atoms with van der Waals surface area (Å²) in [5, 5.41) is 6.99. The van der Waals surface area contributed by atoms with Crippen molar-refractivity contribution in [3.05, 3.63) is 45.8 Å². The number of nitrogen functional groups attached to an aromatic ring is 1. The molecule has 2 aromatic heterocycles. The van der Waals surface area contributed by atoms with E-state index in [0.717, 1.165) is 4.88 Å². The summed E-state index contributed by atoms with van der Waals surface area (Å²) in [6, 6.07) is 9.17. The summed E-state index contributed by atoms with van der Waals surface area (Å²) in [7, 11) is 0. The minimum absolute atomic E-state index is 0.207. The van der Waals surface area contributed by atoms with Gasteiger partial charge in [0.2, 0.25) is 5.88 Å². The van der Waals surface area contributed by atoms with Crippen molar-refractivity contribution in [3.63, 3.8) is 0 Å². The van der Waals surface area contributed by atoms with Crippen LogP contribution < -0.4 is 5.73 Å². The average Bonchev–Trinajstić information content (AvgIpc) is 2.99. The fraction of sp³-hybridized carbons (Fsp3) is 0. The SMILES string of the molecule is Nc1onc(-c2cccs2)c1-c1c(Cl)cccc1Cl. The first kappa shape index (κ1) is 12.5. The molecular weight excluding hydrogens is 303 g/mol. The number of nitrogens with two attached hydrogens (primary N) is 1. The lowest BCUT2D eigenvalue weighted by Gasteiger charge is -2.06. The van der Waals surface area contributed by atoms with Crippen LogP contribution in [-0.4, -0.2) is 5.16 Å². The molecule has 0 saturated carbocycles. The molecule has 0 saturated heterocycles. The maximum Gasteiger partial charge on any atom is 0.230 e. The van der Waals surface area contributed by atoms with Gasteiger partial charge in [-0.25, -0.2) is 0 Å². The topological polar surface area (TPSA) is 52.0 Å². The van der Waals surface area contributed by atoms with Crippen LogP contribution in [0.25, 0.3) is 21.7 Å². The highest BCUT2D eigenvalue weighted by Crippen LogP contribution is 2.44. The Morgan fingerprint density at radius 1 is 1.05 bits per heavy atom. The van der Waals surface area contributed by atoms with Crippen molar-refractivity contribution < 1.29 is 4.52 Å². The van der Waals surface area contributed by atoms with E-state index in [0.29, 0.717) is 26.9 Å². The molecule has 0 spiro atoms. The third kappa shape index (κ3) is 2.12. The molecule has 0 radical (unpaired) electrons. The van der Waals surface area contributed by atoms with E-state index in [4.69, 9.17) is 33.5 Å². The monoisotopic (exact) mass is 310 g/mol. The van der Waals surface area contributed by atoms with E-state index in [2.05, 4.69) is 5.16 Å². The number of rotatable bonds is 2. The van der Waals surface area contributed by atoms with Gasteiger partial charge in [0.05, 0.1) is 20.5 Å². The average molecular weight is 311 g/mol. The third-order valence-electron chi connectivity index (χ3n) is 2.69. The highest BCUT2D eigenvalue weighted by molar-refractivity contribution is 7.13. The van der Waals surface area contributed by atoms with Crippen LogP contribution in [0.3, 0.4) is 0 Å². The van der Waals surface area contributed by atoms with Gasteiger partial charge in [0.1, 0.15) is 5.69 Å². The second kappa shape index (κ2) is 4.89. The van der Waals surface area contributed by atoms with Crippen molar-refractivity contribution in [1.29, 1.82) is 0 Å². The predicted octanol–water partition coefficient (Wildman–Crippen LogP) is 4.96. The molecule has 0 aliphatic heterocycles. The number of halogens is 2. The van der Waals surface area contributed by atoms with Gasteiger partial charge in [-0.1, -0.05) is 40.5 Å². The predicted molar refractivity (Wildman–Crippen MR) is 79.7 cm³/mol. The van der Waals surface area contributed by atoms with Gasteiger partial charge in [0, 0.05) is 5.56 Å². The highest BCUT2D eigenvalue weighted by atomic mass is 35.5. The fourth-order valence-corrected chi connectivity index (χ4v) is 3.16. The second-order valence-electron chi connectivity index (χ2n) is 3.84. The lowest BCUT2D eigenvalue weighted by molar-refractivity contribution is 0.439. The zero-order chi connectivity index (χ0) is 13.4. The molecule has 0 bridgehead atoms. The Morgan fingerprint density at radius 3 is 2.42 bits per heavy atom. The van der Waals surface area contributed by atoms with E-state index in [9.17, 15) is 0 Å². The van der Waals surface area contributed by atoms with Gasteiger partial charge in [-0.2, -0.15) is 0 Å². The third-order valence-corrected chi connectivity index (χ3v) is 4.19. The molecule has 0 aliphatic carbocycles. The van der Waals surface area contributed by atoms with Gasteiger partial charge in [0.15, 0.2) is 0 Å². The molecule has 96 valence electrons. The molecule has 1 aromatic carbocycles. The molecule has 0 atom stereocenters. The summed E-state index contributed by atoms with van der Waals surface area (Å²) >= 11 is 14.0. The van der Waals surface area contributed by atoms with E-state index in [1.807, 2.05) is 17.5 Å². The largest absolute Gasteiger partial charge is 0.367 e. The quantitative estimate of drug-likeness (QED) is 0.728. The first-order valence-electron chi connectivity index (χ1n) is 5.42. The Bertz CT molecular complexity index is 702. The maximum absolute atomic E-state index is 6.22. The zero-order valence-electron chi connectivity index (χ0n) is 9.56. The second-order valence-corrected chi connectivity index (χ2v) is 5.61. The molecule has 0 fully saturated rings. The molecule has 6 heteroatoms. The maximum atomic E-state index is 6.22. The lowest BCUT2D eigenvalue weighted by atomic mass is 10.0. The molecular formula is C13H8Cl2N2OS. The van der Waals surface area contributed by atoms with Gasteiger partial charge in [-0.05, 0) is 23.6 Å². The minimum Gasteiger partial charge on any atom is -0.367 e. The highest BCUT2D eigenvalue weighted by Gasteiger charge is 2.22. The van der Waals surface area contributed by atoms with Crippen LogP contribution in [0.15, 0.2) is 40.2 Å². The van der Waals surface area contributed by atoms with Crippen LogP contribution in [0.4, 0.5) is 5.88 Å². The van der Waals surface area contributed by atoms with E-state index in [-0.39, 0.29) is 5.88 Å². The normalized spacial score (nSPS) is 10.8. The number of nitrogens with zero attached hydrogens (tertiary/aromatic N) is 1. The van der Waals surface area contributed by atoms with Crippen molar-refractivity contribution in [2.24, 2.45) is 0 Å². The summed E-state index contributed by atoms with van der Waals surface area (Å²) in [5.41, 5.74) is 7.81. The van der Waals surface area contributed by atoms with E-state index in [1.165, 1.54) is 0 Å². The van der Waals surface area contributed by atoms with Gasteiger partial charge >= 0.3 is 0 Å². The Hall–Kier alpha value is -1.49. The first-order valence-corrected chi connectivity index (χ1v) is 7.05. The number of aromatic nitrogens is 1. The standard InChI is InChI=1S/C13H8Cl2N2OS/c14-7-3-1-4-8(15)10(7)11-12(17-18-13(11)16)9-5-2-6-19-9/h1-6H,16H2. The Kier molecular flexibility index (Phi) is 3.22. The fourth-order valence-electron chi connectivity index (χ4n) is 1.86. The lowest BCUT2D eigenvalue weighted by Crippen LogP contribution is -1.89. The number of anilines is 1. The molecule has 0 unspecified atom stereocenters. The van der Waals surface area contributed by atoms with Crippen LogP contribution in [-0.2, 0) is 0 Å². The zero-order valence-corrected chi connectivity index (χ0v) is 11.9. The Morgan fingerprint density at radius 2 is 1.79 bits per heavy atom. The number of hydrogen-bond donors (Lipinski definition) is 1. The summed E-state index contributed by atoms with van der Waals surface area (Å²) in [6.07, 6.45) is 0. The van der Waals surface area contributed by atoms with Gasteiger partial charge < -0.3 is 10.3 Å². The van der Waals surface area contributed by atoms with E-state index >= 15 is 0 Å². The van der Waals surface area contributed by atoms with Crippen molar-refractivity contribution in [2.75, 3.05) is 5.73 Å². The Labute approximate surface area is 123 Å². The Balaban J connectivity index is 2.29. The number of benzene rings is 1. The van der Waals surface area contributed by atoms with Crippen molar-refractivity contribution in [3.8, 4) is 21.7 Å². The van der Waals surface area contributed by atoms with E-state index < -0.39 is 0 Å². The van der Waals surface area contributed by atoms with E-state index in [1.54, 1.807) is 29.5 Å². The summed E-state index contributed by atoms with van der Waals surface area (Å²) < 4.78 is 5.10. The first-order chi connectivity index (χ1) is 9.18. The van der Waals surface area contributed by atoms with Gasteiger partial charge in [-0.3, -0.25) is 0 Å². The van der Waals surface area contributed by atoms with Crippen LogP contribution in [0.2, 0.25) is 10.0 Å². The summed E-state index contributed by atoms with van der Waals surface area (Å²) in [5.74, 6) is 0.207. The van der Waals surface area contributed by atoms with Crippen LogP contribution in [0, 0.1) is 0 Å². The smallest absolute Gasteiger partial charge is 0.230 e.